The van der Waals surface area contributed by atoms with Crippen LogP contribution in [0.15, 0.2) is 50.7 Å². The monoisotopic (exact) mass is 365 g/mol. The van der Waals surface area contributed by atoms with Gasteiger partial charge in [-0.3, -0.25) is 4.90 Å². The van der Waals surface area contributed by atoms with Gasteiger partial charge in [0, 0.05) is 27.0 Å². The predicted octanol–water partition coefficient (Wildman–Crippen LogP) is 5.33. The van der Waals surface area contributed by atoms with Gasteiger partial charge in [0.05, 0.1) is 0 Å². The molecule has 0 bridgehead atoms. The average Bonchev–Trinajstić information content (AvgIpc) is 2.43. The van der Waals surface area contributed by atoms with Gasteiger partial charge in [0.2, 0.25) is 0 Å². The maximum Gasteiger partial charge on any atom is 0.411 e. The maximum atomic E-state index is 11.0. The molecule has 3 nitrogen and oxygen atoms in total. The summed E-state index contributed by atoms with van der Waals surface area (Å²) in [5, 5.41) is 9.06. The molecule has 1 N–H and O–H groups in total. The van der Waals surface area contributed by atoms with E-state index in [9.17, 15) is 4.79 Å². The Morgan fingerprint density at radius 2 is 1.67 bits per heavy atom. The number of carboxylic acid groups (broad SMARTS) is 1. The zero-order valence-corrected chi connectivity index (χ0v) is 14.5. The van der Waals surface area contributed by atoms with Crippen molar-refractivity contribution < 1.29 is 9.90 Å². The molecule has 0 spiro atoms. The van der Waals surface area contributed by atoms with Crippen LogP contribution in [0.3, 0.4) is 0 Å². The number of amides is 1. The third-order valence-corrected chi connectivity index (χ3v) is 5.04. The van der Waals surface area contributed by atoms with Gasteiger partial charge in [-0.05, 0) is 61.4 Å². The quantitative estimate of drug-likeness (QED) is 0.798. The van der Waals surface area contributed by atoms with E-state index in [4.69, 9.17) is 5.11 Å². The lowest BCUT2D eigenvalue weighted by Gasteiger charge is -2.17. The molecule has 2 aromatic carbocycles. The summed E-state index contributed by atoms with van der Waals surface area (Å²) in [6.07, 6.45) is -0.956. The average molecular weight is 366 g/mol. The number of nitrogens with zero attached hydrogens (tertiary/aromatic N) is 1. The Hall–Kier alpha value is -1.46. The van der Waals surface area contributed by atoms with Crippen LogP contribution >= 0.6 is 27.7 Å². The van der Waals surface area contributed by atoms with Crippen molar-refractivity contribution in [2.75, 3.05) is 11.9 Å². The largest absolute Gasteiger partial charge is 0.465 e. The first-order chi connectivity index (χ1) is 9.88. The third kappa shape index (κ3) is 3.80. The highest BCUT2D eigenvalue weighted by Gasteiger charge is 2.13. The summed E-state index contributed by atoms with van der Waals surface area (Å²) in [5.74, 6) is 0. The minimum Gasteiger partial charge on any atom is -0.465 e. The Balaban J connectivity index is 2.33. The van der Waals surface area contributed by atoms with Crippen LogP contribution in [-0.2, 0) is 0 Å². The van der Waals surface area contributed by atoms with E-state index in [-0.39, 0.29) is 0 Å². The lowest BCUT2D eigenvalue weighted by atomic mass is 10.1. The number of aryl methyl sites for hydroxylation is 2. The van der Waals surface area contributed by atoms with Gasteiger partial charge in [0.1, 0.15) is 0 Å². The standard InChI is InChI=1S/C16H16BrNO2S/c1-10-8-13(18(3)16(19)20)9-11(2)15(10)21-14-6-4-12(17)5-7-14/h4-9H,1-3H3,(H,19,20). The van der Waals surface area contributed by atoms with E-state index in [2.05, 4.69) is 28.1 Å². The van der Waals surface area contributed by atoms with Crippen LogP contribution in [0.5, 0.6) is 0 Å². The fourth-order valence-electron chi connectivity index (χ4n) is 2.01. The molecule has 0 heterocycles. The van der Waals surface area contributed by atoms with E-state index in [0.29, 0.717) is 5.69 Å². The van der Waals surface area contributed by atoms with Crippen molar-refractivity contribution in [2.45, 2.75) is 23.6 Å². The van der Waals surface area contributed by atoms with Crippen molar-refractivity contribution in [3.63, 3.8) is 0 Å². The zero-order chi connectivity index (χ0) is 15.6. The molecule has 0 unspecified atom stereocenters. The molecule has 0 fully saturated rings. The number of hydrogen-bond donors (Lipinski definition) is 1. The SMILES string of the molecule is Cc1cc(N(C)C(=O)O)cc(C)c1Sc1ccc(Br)cc1. The Morgan fingerprint density at radius 1 is 1.14 bits per heavy atom. The van der Waals surface area contributed by atoms with Gasteiger partial charge in [-0.25, -0.2) is 4.79 Å². The van der Waals surface area contributed by atoms with Crippen molar-refractivity contribution in [1.82, 2.24) is 0 Å². The molecular weight excluding hydrogens is 350 g/mol. The molecule has 2 rings (SSSR count). The van der Waals surface area contributed by atoms with Crippen molar-refractivity contribution >= 4 is 39.5 Å². The number of hydrogen-bond acceptors (Lipinski definition) is 2. The fourth-order valence-corrected chi connectivity index (χ4v) is 3.23. The summed E-state index contributed by atoms with van der Waals surface area (Å²) in [6, 6.07) is 12.0. The van der Waals surface area contributed by atoms with Crippen LogP contribution in [0, 0.1) is 13.8 Å². The molecule has 0 radical (unpaired) electrons. The summed E-state index contributed by atoms with van der Waals surface area (Å²) in [6.45, 7) is 4.01. The fraction of sp³-hybridized carbons (Fsp3) is 0.188. The van der Waals surface area contributed by atoms with Crippen LogP contribution < -0.4 is 4.90 Å². The normalized spacial score (nSPS) is 10.5. The first kappa shape index (κ1) is 15.9. The van der Waals surface area contributed by atoms with Gasteiger partial charge in [-0.15, -0.1) is 0 Å². The van der Waals surface area contributed by atoms with Gasteiger partial charge < -0.3 is 5.11 Å². The Morgan fingerprint density at radius 3 is 2.14 bits per heavy atom. The first-order valence-corrected chi connectivity index (χ1v) is 8.00. The van der Waals surface area contributed by atoms with E-state index in [0.717, 1.165) is 20.5 Å². The summed E-state index contributed by atoms with van der Waals surface area (Å²) >= 11 is 5.12. The number of rotatable bonds is 3. The molecule has 0 atom stereocenters. The lowest BCUT2D eigenvalue weighted by molar-refractivity contribution is 0.203. The highest BCUT2D eigenvalue weighted by molar-refractivity contribution is 9.10. The number of anilines is 1. The molecule has 21 heavy (non-hydrogen) atoms. The van der Waals surface area contributed by atoms with Crippen LogP contribution in [-0.4, -0.2) is 18.2 Å². The smallest absolute Gasteiger partial charge is 0.411 e. The van der Waals surface area contributed by atoms with Crippen LogP contribution in [0.4, 0.5) is 10.5 Å². The van der Waals surface area contributed by atoms with Crippen LogP contribution in [0.1, 0.15) is 11.1 Å². The first-order valence-electron chi connectivity index (χ1n) is 6.40. The van der Waals surface area contributed by atoms with E-state index in [1.54, 1.807) is 18.8 Å². The second-order valence-electron chi connectivity index (χ2n) is 4.81. The summed E-state index contributed by atoms with van der Waals surface area (Å²) in [4.78, 5) is 14.6. The van der Waals surface area contributed by atoms with Crippen molar-refractivity contribution in [2.24, 2.45) is 0 Å². The topological polar surface area (TPSA) is 40.5 Å². The van der Waals surface area contributed by atoms with Gasteiger partial charge in [-0.2, -0.15) is 0 Å². The second kappa shape index (κ2) is 6.54. The van der Waals surface area contributed by atoms with Crippen molar-refractivity contribution in [1.29, 1.82) is 0 Å². The Bertz CT molecular complexity index is 647. The van der Waals surface area contributed by atoms with E-state index in [1.165, 1.54) is 9.80 Å². The summed E-state index contributed by atoms with van der Waals surface area (Å²) in [5.41, 5.74) is 2.84. The molecule has 0 saturated heterocycles. The summed E-state index contributed by atoms with van der Waals surface area (Å²) < 4.78 is 1.05. The summed E-state index contributed by atoms with van der Waals surface area (Å²) in [7, 11) is 1.55. The Labute approximate surface area is 137 Å². The van der Waals surface area contributed by atoms with E-state index in [1.807, 2.05) is 38.1 Å². The number of halogens is 1. The van der Waals surface area contributed by atoms with Crippen molar-refractivity contribution in [3.8, 4) is 0 Å². The van der Waals surface area contributed by atoms with Gasteiger partial charge >= 0.3 is 6.09 Å². The maximum absolute atomic E-state index is 11.0. The number of benzene rings is 2. The van der Waals surface area contributed by atoms with Gasteiger partial charge in [0.25, 0.3) is 0 Å². The van der Waals surface area contributed by atoms with Gasteiger partial charge in [0.15, 0.2) is 0 Å². The molecule has 2 aromatic rings. The van der Waals surface area contributed by atoms with Crippen LogP contribution in [0.2, 0.25) is 0 Å². The molecule has 0 aromatic heterocycles. The lowest BCUT2D eigenvalue weighted by Crippen LogP contribution is -2.23. The van der Waals surface area contributed by atoms with Crippen LogP contribution in [0.25, 0.3) is 0 Å². The third-order valence-electron chi connectivity index (χ3n) is 3.15. The molecule has 0 aliphatic rings. The van der Waals surface area contributed by atoms with E-state index < -0.39 is 6.09 Å². The minimum atomic E-state index is -0.956. The molecule has 5 heteroatoms. The van der Waals surface area contributed by atoms with Crippen molar-refractivity contribution in [3.05, 3.63) is 52.0 Å². The molecule has 0 saturated carbocycles. The molecule has 0 aliphatic carbocycles. The predicted molar refractivity (Wildman–Crippen MR) is 90.6 cm³/mol. The molecule has 1 amide bonds. The molecule has 110 valence electrons. The van der Waals surface area contributed by atoms with E-state index >= 15 is 0 Å². The molecule has 0 aliphatic heterocycles. The Kier molecular flexibility index (Phi) is 4.96. The second-order valence-corrected chi connectivity index (χ2v) is 6.81. The highest BCUT2D eigenvalue weighted by atomic mass is 79.9. The number of carbonyl (C=O) groups is 1. The minimum absolute atomic E-state index is 0.692. The molecular formula is C16H16BrNO2S. The zero-order valence-electron chi connectivity index (χ0n) is 12.1. The van der Waals surface area contributed by atoms with Gasteiger partial charge in [-0.1, -0.05) is 27.7 Å². The highest BCUT2D eigenvalue weighted by Crippen LogP contribution is 2.35.